The fourth-order valence-corrected chi connectivity index (χ4v) is 2.64. The highest BCUT2D eigenvalue weighted by Gasteiger charge is 2.20. The van der Waals surface area contributed by atoms with Crippen molar-refractivity contribution in [3.8, 4) is 12.1 Å². The Morgan fingerprint density at radius 1 is 1.05 bits per heavy atom. The maximum atomic E-state index is 8.82. The van der Waals surface area contributed by atoms with Crippen molar-refractivity contribution in [3.63, 3.8) is 0 Å². The quantitative estimate of drug-likeness (QED) is 0.780. The third-order valence-corrected chi connectivity index (χ3v) is 3.62. The van der Waals surface area contributed by atoms with E-state index >= 15 is 0 Å². The van der Waals surface area contributed by atoms with E-state index in [1.54, 1.807) is 6.08 Å². The van der Waals surface area contributed by atoms with Gasteiger partial charge in [-0.3, -0.25) is 0 Å². The minimum atomic E-state index is 0.132. The Hall–Kier alpha value is -3.04. The van der Waals surface area contributed by atoms with Crippen molar-refractivity contribution in [1.82, 2.24) is 0 Å². The molecular weight excluding hydrogens is 258 g/mol. The van der Waals surface area contributed by atoms with Crippen LogP contribution in [0.25, 0.3) is 6.08 Å². The van der Waals surface area contributed by atoms with Gasteiger partial charge in [0.1, 0.15) is 17.7 Å². The van der Waals surface area contributed by atoms with Gasteiger partial charge in [0.25, 0.3) is 0 Å². The molecule has 0 fully saturated rings. The highest BCUT2D eigenvalue weighted by molar-refractivity contribution is 5.73. The number of allylic oxidation sites excluding steroid dienone is 1. The van der Waals surface area contributed by atoms with E-state index in [4.69, 9.17) is 10.5 Å². The zero-order chi connectivity index (χ0) is 14.7. The zero-order valence-corrected chi connectivity index (χ0v) is 11.5. The van der Waals surface area contributed by atoms with Crippen molar-refractivity contribution in [3.05, 3.63) is 65.2 Å². The number of rotatable bonds is 2. The van der Waals surface area contributed by atoms with Crippen LogP contribution < -0.4 is 4.90 Å². The molecule has 21 heavy (non-hydrogen) atoms. The fourth-order valence-electron chi connectivity index (χ4n) is 2.64. The normalized spacial score (nSPS) is 12.2. The third-order valence-electron chi connectivity index (χ3n) is 3.62. The van der Waals surface area contributed by atoms with E-state index in [0.29, 0.717) is 0 Å². The van der Waals surface area contributed by atoms with Gasteiger partial charge in [0.2, 0.25) is 0 Å². The smallest absolute Gasteiger partial charge is 0.130 e. The van der Waals surface area contributed by atoms with Gasteiger partial charge in [-0.1, -0.05) is 24.3 Å². The van der Waals surface area contributed by atoms with Gasteiger partial charge < -0.3 is 4.90 Å². The van der Waals surface area contributed by atoms with E-state index in [1.165, 1.54) is 16.9 Å². The molecule has 0 amide bonds. The highest BCUT2D eigenvalue weighted by atomic mass is 15.2. The maximum Gasteiger partial charge on any atom is 0.130 e. The van der Waals surface area contributed by atoms with Crippen molar-refractivity contribution in [2.75, 3.05) is 11.4 Å². The van der Waals surface area contributed by atoms with Gasteiger partial charge in [-0.15, -0.1) is 0 Å². The average Bonchev–Trinajstić information content (AvgIpc) is 2.96. The van der Waals surface area contributed by atoms with Gasteiger partial charge >= 0.3 is 0 Å². The number of hydrogen-bond acceptors (Lipinski definition) is 3. The lowest BCUT2D eigenvalue weighted by Crippen LogP contribution is -2.12. The monoisotopic (exact) mass is 271 g/mol. The van der Waals surface area contributed by atoms with Gasteiger partial charge in [-0.25, -0.2) is 0 Å². The predicted molar refractivity (Wildman–Crippen MR) is 82.8 cm³/mol. The summed E-state index contributed by atoms with van der Waals surface area (Å²) in [6.45, 7) is 0.954. The van der Waals surface area contributed by atoms with Crippen molar-refractivity contribution in [2.24, 2.45) is 0 Å². The Morgan fingerprint density at radius 2 is 1.81 bits per heavy atom. The molecule has 1 aliphatic heterocycles. The summed E-state index contributed by atoms with van der Waals surface area (Å²) in [4.78, 5) is 2.29. The Bertz CT molecular complexity index is 760. The Kier molecular flexibility index (Phi) is 3.41. The van der Waals surface area contributed by atoms with Gasteiger partial charge in [0.15, 0.2) is 0 Å². The van der Waals surface area contributed by atoms with Crippen molar-refractivity contribution in [2.45, 2.75) is 6.42 Å². The molecule has 1 aliphatic rings. The average molecular weight is 271 g/mol. The minimum Gasteiger partial charge on any atom is -0.341 e. The molecule has 3 rings (SSSR count). The molecule has 1 heterocycles. The molecule has 0 saturated carbocycles. The van der Waals surface area contributed by atoms with Crippen LogP contribution in [0.5, 0.6) is 0 Å². The fraction of sp³-hybridized carbons (Fsp3) is 0.111. The van der Waals surface area contributed by atoms with E-state index in [0.717, 1.165) is 18.5 Å². The number of fused-ring (bicyclic) bond motifs is 1. The molecule has 0 radical (unpaired) electrons. The van der Waals surface area contributed by atoms with Crippen molar-refractivity contribution >= 4 is 17.5 Å². The van der Waals surface area contributed by atoms with E-state index in [9.17, 15) is 0 Å². The molecular formula is C18H13N3. The molecule has 2 aromatic rings. The largest absolute Gasteiger partial charge is 0.341 e. The van der Waals surface area contributed by atoms with Crippen LogP contribution in [0.2, 0.25) is 0 Å². The van der Waals surface area contributed by atoms with Crippen LogP contribution in [0.4, 0.5) is 11.4 Å². The second-order valence-electron chi connectivity index (χ2n) is 4.91. The standard InChI is InChI=1S/C18H13N3/c19-12-15(13-20)10-14-6-7-18-16(11-14)8-9-21(18)17-4-2-1-3-5-17/h1-7,10-11H,8-9H2. The molecule has 0 aromatic heterocycles. The molecule has 0 N–H and O–H groups in total. The molecule has 3 nitrogen and oxygen atoms in total. The van der Waals surface area contributed by atoms with Crippen molar-refractivity contribution < 1.29 is 0 Å². The second kappa shape index (κ2) is 5.53. The van der Waals surface area contributed by atoms with E-state index in [-0.39, 0.29) is 5.57 Å². The van der Waals surface area contributed by atoms with Gasteiger partial charge in [-0.05, 0) is 47.9 Å². The SMILES string of the molecule is N#CC(C#N)=Cc1ccc2c(c1)CCN2c1ccccc1. The summed E-state index contributed by atoms with van der Waals surface area (Å²) in [5.41, 5.74) is 4.68. The van der Waals surface area contributed by atoms with E-state index in [1.807, 2.05) is 36.4 Å². The van der Waals surface area contributed by atoms with Gasteiger partial charge in [0, 0.05) is 17.9 Å². The molecule has 3 heteroatoms. The van der Waals surface area contributed by atoms with Crippen LogP contribution in [0.1, 0.15) is 11.1 Å². The summed E-state index contributed by atoms with van der Waals surface area (Å²) in [6.07, 6.45) is 2.60. The maximum absolute atomic E-state index is 8.82. The lowest BCUT2D eigenvalue weighted by atomic mass is 10.1. The number of benzene rings is 2. The first-order chi connectivity index (χ1) is 10.3. The second-order valence-corrected chi connectivity index (χ2v) is 4.91. The number of anilines is 2. The summed E-state index contributed by atoms with van der Waals surface area (Å²) in [6, 6.07) is 20.2. The first-order valence-corrected chi connectivity index (χ1v) is 6.79. The molecule has 0 atom stereocenters. The van der Waals surface area contributed by atoms with Crippen LogP contribution in [0, 0.1) is 22.7 Å². The van der Waals surface area contributed by atoms with Crippen molar-refractivity contribution in [1.29, 1.82) is 10.5 Å². The highest BCUT2D eigenvalue weighted by Crippen LogP contribution is 2.35. The third kappa shape index (κ3) is 2.50. The Morgan fingerprint density at radius 3 is 2.52 bits per heavy atom. The van der Waals surface area contributed by atoms with Crippen LogP contribution in [0.15, 0.2) is 54.1 Å². The number of para-hydroxylation sites is 1. The topological polar surface area (TPSA) is 50.8 Å². The molecule has 0 saturated heterocycles. The predicted octanol–water partition coefficient (Wildman–Crippen LogP) is 3.81. The first kappa shape index (κ1) is 13.0. The Balaban J connectivity index is 1.95. The van der Waals surface area contributed by atoms with Crippen LogP contribution in [-0.2, 0) is 6.42 Å². The van der Waals surface area contributed by atoms with Gasteiger partial charge in [0.05, 0.1) is 0 Å². The van der Waals surface area contributed by atoms with Gasteiger partial charge in [-0.2, -0.15) is 10.5 Å². The molecule has 2 aromatic carbocycles. The summed E-state index contributed by atoms with van der Waals surface area (Å²) < 4.78 is 0. The molecule has 0 bridgehead atoms. The molecule has 0 spiro atoms. The number of nitriles is 2. The molecule has 0 unspecified atom stereocenters. The lowest BCUT2D eigenvalue weighted by molar-refractivity contribution is 0.998. The lowest BCUT2D eigenvalue weighted by Gasteiger charge is -2.19. The number of hydrogen-bond donors (Lipinski definition) is 0. The summed E-state index contributed by atoms with van der Waals surface area (Å²) in [5, 5.41) is 17.6. The minimum absolute atomic E-state index is 0.132. The Labute approximate surface area is 124 Å². The van der Waals surface area contributed by atoms with E-state index < -0.39 is 0 Å². The summed E-state index contributed by atoms with van der Waals surface area (Å²) in [7, 11) is 0. The first-order valence-electron chi connectivity index (χ1n) is 6.79. The summed E-state index contributed by atoms with van der Waals surface area (Å²) in [5.74, 6) is 0. The van der Waals surface area contributed by atoms with Crippen LogP contribution in [0.3, 0.4) is 0 Å². The van der Waals surface area contributed by atoms with Crippen LogP contribution >= 0.6 is 0 Å². The molecule has 0 aliphatic carbocycles. The molecule has 100 valence electrons. The number of nitrogens with zero attached hydrogens (tertiary/aromatic N) is 3. The zero-order valence-electron chi connectivity index (χ0n) is 11.5. The summed E-state index contributed by atoms with van der Waals surface area (Å²) >= 11 is 0. The van der Waals surface area contributed by atoms with Crippen LogP contribution in [-0.4, -0.2) is 6.54 Å². The van der Waals surface area contributed by atoms with E-state index in [2.05, 4.69) is 29.2 Å².